The van der Waals surface area contributed by atoms with E-state index in [1.165, 1.54) is 10.2 Å². The molecular formula is C15H22N2O3S. The van der Waals surface area contributed by atoms with Crippen molar-refractivity contribution < 1.29 is 14.3 Å². The van der Waals surface area contributed by atoms with Crippen LogP contribution in [-0.2, 0) is 23.1 Å². The van der Waals surface area contributed by atoms with E-state index >= 15 is 0 Å². The van der Waals surface area contributed by atoms with Crippen LogP contribution in [0.5, 0.6) is 0 Å². The van der Waals surface area contributed by atoms with Crippen LogP contribution in [0.4, 0.5) is 4.79 Å². The molecule has 116 valence electrons. The lowest BCUT2D eigenvalue weighted by Gasteiger charge is -2.17. The molecule has 1 amide bonds. The maximum atomic E-state index is 11.9. The third kappa shape index (κ3) is 3.98. The first-order valence-corrected chi connectivity index (χ1v) is 7.90. The summed E-state index contributed by atoms with van der Waals surface area (Å²) in [4.78, 5) is 13.5. The molecule has 0 saturated carbocycles. The Balaban J connectivity index is 1.82. The van der Waals surface area contributed by atoms with E-state index in [0.717, 1.165) is 18.5 Å². The second-order valence-corrected chi connectivity index (χ2v) is 5.98. The van der Waals surface area contributed by atoms with Crippen LogP contribution in [0.2, 0.25) is 0 Å². The summed E-state index contributed by atoms with van der Waals surface area (Å²) in [5, 5.41) is 2.08. The first-order chi connectivity index (χ1) is 10.1. The van der Waals surface area contributed by atoms with Crippen molar-refractivity contribution in [2.45, 2.75) is 19.4 Å². The van der Waals surface area contributed by atoms with Crippen LogP contribution in [0, 0.1) is 0 Å². The summed E-state index contributed by atoms with van der Waals surface area (Å²) in [5.74, 6) is 0. The van der Waals surface area contributed by atoms with Crippen molar-refractivity contribution in [2.24, 2.45) is 7.05 Å². The van der Waals surface area contributed by atoms with E-state index in [4.69, 9.17) is 9.47 Å². The zero-order chi connectivity index (χ0) is 15.2. The summed E-state index contributed by atoms with van der Waals surface area (Å²) < 4.78 is 13.6. The van der Waals surface area contributed by atoms with E-state index in [9.17, 15) is 4.79 Å². The van der Waals surface area contributed by atoms with Gasteiger partial charge in [-0.2, -0.15) is 0 Å². The minimum absolute atomic E-state index is 0.281. The lowest BCUT2D eigenvalue weighted by atomic mass is 10.3. The first kappa shape index (κ1) is 15.9. The van der Waals surface area contributed by atoms with Gasteiger partial charge in [-0.15, -0.1) is 11.3 Å². The molecule has 0 aliphatic carbocycles. The van der Waals surface area contributed by atoms with Gasteiger partial charge in [0, 0.05) is 33.5 Å². The van der Waals surface area contributed by atoms with E-state index in [0.29, 0.717) is 19.8 Å². The molecule has 5 nitrogen and oxygen atoms in total. The van der Waals surface area contributed by atoms with Crippen LogP contribution in [0.25, 0.3) is 10.2 Å². The Morgan fingerprint density at radius 2 is 2.14 bits per heavy atom. The van der Waals surface area contributed by atoms with Gasteiger partial charge in [0.05, 0.1) is 23.4 Å². The lowest BCUT2D eigenvalue weighted by Crippen LogP contribution is -2.28. The van der Waals surface area contributed by atoms with Crippen molar-refractivity contribution in [3.63, 3.8) is 0 Å². The molecule has 0 bridgehead atoms. The molecule has 0 N–H and O–H groups in total. The molecule has 2 aromatic heterocycles. The Morgan fingerprint density at radius 1 is 1.38 bits per heavy atom. The molecule has 0 aliphatic rings. The Labute approximate surface area is 129 Å². The van der Waals surface area contributed by atoms with Crippen molar-refractivity contribution in [3.8, 4) is 0 Å². The monoisotopic (exact) mass is 310 g/mol. The maximum absolute atomic E-state index is 11.9. The zero-order valence-corrected chi connectivity index (χ0v) is 13.6. The number of amides is 1. The zero-order valence-electron chi connectivity index (χ0n) is 12.8. The number of nitrogens with zero attached hydrogens (tertiary/aromatic N) is 2. The number of ether oxygens (including phenoxy) is 2. The highest BCUT2D eigenvalue weighted by molar-refractivity contribution is 7.17. The summed E-state index contributed by atoms with van der Waals surface area (Å²) in [5.41, 5.74) is 2.31. The first-order valence-electron chi connectivity index (χ1n) is 7.02. The highest BCUT2D eigenvalue weighted by atomic mass is 32.1. The molecule has 0 aromatic carbocycles. The van der Waals surface area contributed by atoms with Crippen LogP contribution in [0.15, 0.2) is 17.5 Å². The molecule has 0 saturated heterocycles. The van der Waals surface area contributed by atoms with Gasteiger partial charge >= 0.3 is 6.09 Å². The number of carbonyl (C=O) groups is 1. The molecule has 0 atom stereocenters. The van der Waals surface area contributed by atoms with E-state index < -0.39 is 0 Å². The Kier molecular flexibility index (Phi) is 5.64. The topological polar surface area (TPSA) is 43.7 Å². The number of hydrogen-bond donors (Lipinski definition) is 0. The molecule has 2 rings (SSSR count). The lowest BCUT2D eigenvalue weighted by molar-refractivity contribution is 0.103. The summed E-state index contributed by atoms with van der Waals surface area (Å²) in [6.45, 7) is 1.69. The highest BCUT2D eigenvalue weighted by Gasteiger charge is 2.14. The maximum Gasteiger partial charge on any atom is 0.409 e. The summed E-state index contributed by atoms with van der Waals surface area (Å²) in [7, 11) is 5.46. The Bertz CT molecular complexity index is 591. The van der Waals surface area contributed by atoms with Gasteiger partial charge in [0.15, 0.2) is 0 Å². The molecular weight excluding hydrogens is 288 g/mol. The van der Waals surface area contributed by atoms with Gasteiger partial charge in [0.2, 0.25) is 0 Å². The number of methoxy groups -OCH3 is 1. The van der Waals surface area contributed by atoms with Crippen molar-refractivity contribution in [1.82, 2.24) is 9.47 Å². The number of rotatable bonds is 7. The van der Waals surface area contributed by atoms with Crippen molar-refractivity contribution in [1.29, 1.82) is 0 Å². The van der Waals surface area contributed by atoms with Crippen molar-refractivity contribution in [3.05, 3.63) is 23.2 Å². The fraction of sp³-hybridized carbons (Fsp3) is 0.533. The van der Waals surface area contributed by atoms with Gasteiger partial charge in [0.1, 0.15) is 0 Å². The van der Waals surface area contributed by atoms with E-state index in [1.54, 1.807) is 30.4 Å². The second-order valence-electron chi connectivity index (χ2n) is 5.04. The molecule has 0 radical (unpaired) electrons. The van der Waals surface area contributed by atoms with E-state index in [1.807, 2.05) is 7.05 Å². The largest absolute Gasteiger partial charge is 0.449 e. The normalized spacial score (nSPS) is 11.0. The number of thiophene rings is 1. The number of fused-ring (bicyclic) bond motifs is 1. The number of unbranched alkanes of at least 4 members (excludes halogenated alkanes) is 1. The smallest absolute Gasteiger partial charge is 0.409 e. The Hall–Kier alpha value is -1.53. The number of hydrogen-bond acceptors (Lipinski definition) is 4. The molecule has 0 fully saturated rings. The van der Waals surface area contributed by atoms with E-state index in [-0.39, 0.29) is 6.09 Å². The molecule has 2 heterocycles. The molecule has 2 aromatic rings. The SMILES string of the molecule is COCCCCOC(=O)N(C)Cc1cc2sccc2n1C. The Morgan fingerprint density at radius 3 is 2.86 bits per heavy atom. The number of aryl methyl sites for hydroxylation is 1. The fourth-order valence-electron chi connectivity index (χ4n) is 2.18. The minimum Gasteiger partial charge on any atom is -0.449 e. The molecule has 6 heteroatoms. The summed E-state index contributed by atoms with van der Waals surface area (Å²) in [6, 6.07) is 4.22. The average molecular weight is 310 g/mol. The van der Waals surface area contributed by atoms with Crippen molar-refractivity contribution >= 4 is 27.6 Å². The molecule has 21 heavy (non-hydrogen) atoms. The van der Waals surface area contributed by atoms with Gasteiger partial charge in [-0.1, -0.05) is 0 Å². The van der Waals surface area contributed by atoms with E-state index in [2.05, 4.69) is 22.1 Å². The third-order valence-electron chi connectivity index (χ3n) is 3.44. The molecule has 0 spiro atoms. The van der Waals surface area contributed by atoms with Gasteiger partial charge in [0.25, 0.3) is 0 Å². The number of carbonyl (C=O) groups excluding carboxylic acids is 1. The quantitative estimate of drug-likeness (QED) is 0.737. The van der Waals surface area contributed by atoms with Crippen LogP contribution in [-0.4, -0.2) is 42.9 Å². The molecule has 0 unspecified atom stereocenters. The van der Waals surface area contributed by atoms with Gasteiger partial charge in [-0.05, 0) is 30.4 Å². The van der Waals surface area contributed by atoms with Gasteiger partial charge < -0.3 is 18.9 Å². The highest BCUT2D eigenvalue weighted by Crippen LogP contribution is 2.24. The van der Waals surface area contributed by atoms with Crippen LogP contribution in [0.1, 0.15) is 18.5 Å². The second kappa shape index (κ2) is 7.47. The third-order valence-corrected chi connectivity index (χ3v) is 4.30. The predicted octanol–water partition coefficient (Wildman–Crippen LogP) is 3.23. The summed E-state index contributed by atoms with van der Waals surface area (Å²) >= 11 is 1.71. The van der Waals surface area contributed by atoms with Gasteiger partial charge in [-0.3, -0.25) is 0 Å². The standard InChI is InChI=1S/C15H22N2O3S/c1-16(15(18)20-8-5-4-7-19-3)11-12-10-14-13(17(12)2)6-9-21-14/h6,9-10H,4-5,7-8,11H2,1-3H3. The minimum atomic E-state index is -0.281. The van der Waals surface area contributed by atoms with Crippen LogP contribution < -0.4 is 0 Å². The van der Waals surface area contributed by atoms with Crippen LogP contribution >= 0.6 is 11.3 Å². The average Bonchev–Trinajstić information content (AvgIpc) is 3.03. The predicted molar refractivity (Wildman–Crippen MR) is 84.7 cm³/mol. The summed E-state index contributed by atoms with van der Waals surface area (Å²) in [6.07, 6.45) is 1.45. The fourth-order valence-corrected chi connectivity index (χ4v) is 3.05. The number of aromatic nitrogens is 1. The van der Waals surface area contributed by atoms with Crippen LogP contribution in [0.3, 0.4) is 0 Å². The van der Waals surface area contributed by atoms with Gasteiger partial charge in [-0.25, -0.2) is 4.79 Å². The molecule has 0 aliphatic heterocycles. The van der Waals surface area contributed by atoms with Crippen molar-refractivity contribution in [2.75, 3.05) is 27.4 Å².